The van der Waals surface area contributed by atoms with Crippen molar-refractivity contribution in [1.82, 2.24) is 14.1 Å². The third-order valence-electron chi connectivity index (χ3n) is 5.00. The quantitative estimate of drug-likeness (QED) is 0.819. The Morgan fingerprint density at radius 2 is 1.75 bits per heavy atom. The highest BCUT2D eigenvalue weighted by Gasteiger charge is 2.42. The van der Waals surface area contributed by atoms with Gasteiger partial charge in [-0.15, -0.1) is 0 Å². The summed E-state index contributed by atoms with van der Waals surface area (Å²) in [6.45, 7) is 5.00. The molecule has 0 spiro atoms. The largest absolute Gasteiger partial charge is 0.387 e. The van der Waals surface area contributed by atoms with E-state index < -0.39 is 15.6 Å². The van der Waals surface area contributed by atoms with E-state index >= 15 is 0 Å². The average molecular weight is 353 g/mol. The van der Waals surface area contributed by atoms with Gasteiger partial charge in [0.1, 0.15) is 0 Å². The van der Waals surface area contributed by atoms with Crippen LogP contribution >= 0.6 is 0 Å². The lowest BCUT2D eigenvalue weighted by atomic mass is 10.0. The molecule has 0 aromatic heterocycles. The fourth-order valence-corrected chi connectivity index (χ4v) is 5.09. The van der Waals surface area contributed by atoms with Crippen LogP contribution in [0, 0.1) is 0 Å². The van der Waals surface area contributed by atoms with E-state index in [4.69, 9.17) is 0 Å². The molecule has 6 nitrogen and oxygen atoms in total. The predicted molar refractivity (Wildman–Crippen MR) is 94.1 cm³/mol. The van der Waals surface area contributed by atoms with Crippen LogP contribution in [0.4, 0.5) is 0 Å². The molecule has 2 aliphatic rings. The summed E-state index contributed by atoms with van der Waals surface area (Å²) in [5.74, 6) is -0.00156. The van der Waals surface area contributed by atoms with Crippen molar-refractivity contribution in [2.24, 2.45) is 0 Å². The Morgan fingerprint density at radius 1 is 1.08 bits per heavy atom. The SMILES string of the molecule is CN1CCN(C[C@@]2(O)CCN(S(=O)(=O)Cc3ccccc3)C2)CC1. The first-order valence-electron chi connectivity index (χ1n) is 8.51. The Labute approximate surface area is 144 Å². The summed E-state index contributed by atoms with van der Waals surface area (Å²) in [6, 6.07) is 9.21. The number of piperazine rings is 1. The highest BCUT2D eigenvalue weighted by atomic mass is 32.2. The molecular formula is C17H27N3O3S. The van der Waals surface area contributed by atoms with Gasteiger partial charge in [-0.1, -0.05) is 30.3 Å². The lowest BCUT2D eigenvalue weighted by molar-refractivity contribution is 0.00424. The molecule has 2 saturated heterocycles. The monoisotopic (exact) mass is 353 g/mol. The normalized spacial score (nSPS) is 27.6. The van der Waals surface area contributed by atoms with Gasteiger partial charge in [-0.3, -0.25) is 4.90 Å². The summed E-state index contributed by atoms with van der Waals surface area (Å²) >= 11 is 0. The Balaban J connectivity index is 1.59. The Bertz CT molecular complexity index is 644. The highest BCUT2D eigenvalue weighted by molar-refractivity contribution is 7.88. The first-order valence-corrected chi connectivity index (χ1v) is 10.1. The van der Waals surface area contributed by atoms with Crippen molar-refractivity contribution in [3.05, 3.63) is 35.9 Å². The van der Waals surface area contributed by atoms with Crippen LogP contribution in [0.1, 0.15) is 12.0 Å². The number of hydrogen-bond donors (Lipinski definition) is 1. The first-order chi connectivity index (χ1) is 11.4. The van der Waals surface area contributed by atoms with Crippen molar-refractivity contribution in [1.29, 1.82) is 0 Å². The molecule has 24 heavy (non-hydrogen) atoms. The molecule has 7 heteroatoms. The van der Waals surface area contributed by atoms with E-state index in [2.05, 4.69) is 16.8 Å². The summed E-state index contributed by atoms with van der Waals surface area (Å²) in [6.07, 6.45) is 0.507. The molecule has 0 saturated carbocycles. The summed E-state index contributed by atoms with van der Waals surface area (Å²) in [5, 5.41) is 10.8. The van der Waals surface area contributed by atoms with Gasteiger partial charge in [0.25, 0.3) is 0 Å². The molecule has 2 heterocycles. The molecule has 2 aliphatic heterocycles. The van der Waals surface area contributed by atoms with Gasteiger partial charge < -0.3 is 10.0 Å². The van der Waals surface area contributed by atoms with Gasteiger partial charge >= 0.3 is 0 Å². The van der Waals surface area contributed by atoms with E-state index in [1.807, 2.05) is 30.3 Å². The average Bonchev–Trinajstić information content (AvgIpc) is 2.93. The molecule has 0 amide bonds. The molecule has 2 fully saturated rings. The first kappa shape index (κ1) is 17.8. The minimum absolute atomic E-state index is 0.00156. The Morgan fingerprint density at radius 3 is 2.42 bits per heavy atom. The fourth-order valence-electron chi connectivity index (χ4n) is 3.48. The third kappa shape index (κ3) is 4.34. The van der Waals surface area contributed by atoms with Gasteiger partial charge in [0.2, 0.25) is 10.0 Å². The van der Waals surface area contributed by atoms with E-state index in [0.29, 0.717) is 19.5 Å². The van der Waals surface area contributed by atoms with E-state index in [9.17, 15) is 13.5 Å². The minimum atomic E-state index is -3.39. The van der Waals surface area contributed by atoms with Gasteiger partial charge in [0, 0.05) is 45.8 Å². The van der Waals surface area contributed by atoms with Crippen molar-refractivity contribution in [3.8, 4) is 0 Å². The van der Waals surface area contributed by atoms with E-state index in [-0.39, 0.29) is 12.3 Å². The maximum atomic E-state index is 12.6. The standard InChI is InChI=1S/C17H27N3O3S/c1-18-9-11-19(12-10-18)14-17(21)7-8-20(15-17)24(22,23)13-16-5-3-2-4-6-16/h2-6,21H,7-15H2,1H3/t17-/m0/s1. The van der Waals surface area contributed by atoms with Gasteiger partial charge in [-0.25, -0.2) is 8.42 Å². The smallest absolute Gasteiger partial charge is 0.218 e. The number of likely N-dealkylation sites (N-methyl/N-ethyl adjacent to an activating group) is 1. The van der Waals surface area contributed by atoms with Crippen molar-refractivity contribution < 1.29 is 13.5 Å². The lowest BCUT2D eigenvalue weighted by Crippen LogP contribution is -2.52. The highest BCUT2D eigenvalue weighted by Crippen LogP contribution is 2.26. The number of aliphatic hydroxyl groups is 1. The third-order valence-corrected chi connectivity index (χ3v) is 6.79. The van der Waals surface area contributed by atoms with Crippen LogP contribution in [0.25, 0.3) is 0 Å². The fraction of sp³-hybridized carbons (Fsp3) is 0.647. The number of benzene rings is 1. The predicted octanol–water partition coefficient (Wildman–Crippen LogP) is 0.201. The zero-order chi connectivity index (χ0) is 17.2. The second-order valence-electron chi connectivity index (χ2n) is 7.13. The van der Waals surface area contributed by atoms with Crippen LogP contribution in [0.3, 0.4) is 0 Å². The number of nitrogens with zero attached hydrogens (tertiary/aromatic N) is 3. The van der Waals surface area contributed by atoms with Crippen molar-refractivity contribution in [2.75, 3.05) is 52.9 Å². The molecule has 1 aromatic rings. The number of rotatable bonds is 5. The molecule has 134 valence electrons. The summed E-state index contributed by atoms with van der Waals surface area (Å²) in [7, 11) is -1.29. The second-order valence-corrected chi connectivity index (χ2v) is 9.10. The number of hydrogen-bond acceptors (Lipinski definition) is 5. The second kappa shape index (κ2) is 7.09. The summed E-state index contributed by atoms with van der Waals surface area (Å²) in [5.41, 5.74) is -0.147. The van der Waals surface area contributed by atoms with Crippen LogP contribution in [-0.2, 0) is 15.8 Å². The molecule has 1 aromatic carbocycles. The van der Waals surface area contributed by atoms with Gasteiger partial charge in [-0.2, -0.15) is 4.31 Å². The van der Waals surface area contributed by atoms with E-state index in [1.54, 1.807) is 0 Å². The summed E-state index contributed by atoms with van der Waals surface area (Å²) < 4.78 is 26.7. The lowest BCUT2D eigenvalue weighted by Gasteiger charge is -2.36. The van der Waals surface area contributed by atoms with Crippen LogP contribution in [0.15, 0.2) is 30.3 Å². The molecular weight excluding hydrogens is 326 g/mol. The number of β-amino-alcohol motifs (C(OH)–C–C–N with tert-alkyl or cyclic N) is 1. The molecule has 3 rings (SSSR count). The Hall–Kier alpha value is -0.990. The molecule has 0 aliphatic carbocycles. The zero-order valence-corrected chi connectivity index (χ0v) is 15.1. The number of sulfonamides is 1. The van der Waals surface area contributed by atoms with Crippen molar-refractivity contribution in [3.63, 3.8) is 0 Å². The maximum absolute atomic E-state index is 12.6. The van der Waals surface area contributed by atoms with Crippen LogP contribution in [0.2, 0.25) is 0 Å². The molecule has 0 unspecified atom stereocenters. The molecule has 1 N–H and O–H groups in total. The maximum Gasteiger partial charge on any atom is 0.218 e. The van der Waals surface area contributed by atoms with Crippen molar-refractivity contribution >= 4 is 10.0 Å². The zero-order valence-electron chi connectivity index (χ0n) is 14.3. The van der Waals surface area contributed by atoms with Gasteiger partial charge in [-0.05, 0) is 19.0 Å². The van der Waals surface area contributed by atoms with Gasteiger partial charge in [0.15, 0.2) is 0 Å². The van der Waals surface area contributed by atoms with Crippen LogP contribution in [-0.4, -0.2) is 86.1 Å². The molecule has 1 atom stereocenters. The molecule has 0 bridgehead atoms. The molecule has 0 radical (unpaired) electrons. The topological polar surface area (TPSA) is 64.1 Å². The van der Waals surface area contributed by atoms with E-state index in [1.165, 1.54) is 4.31 Å². The van der Waals surface area contributed by atoms with Gasteiger partial charge in [0.05, 0.1) is 11.4 Å². The minimum Gasteiger partial charge on any atom is -0.387 e. The van der Waals surface area contributed by atoms with Crippen LogP contribution < -0.4 is 0 Å². The Kier molecular flexibility index (Phi) is 5.27. The van der Waals surface area contributed by atoms with Crippen molar-refractivity contribution in [2.45, 2.75) is 17.8 Å². The van der Waals surface area contributed by atoms with Crippen LogP contribution in [0.5, 0.6) is 0 Å². The van der Waals surface area contributed by atoms with E-state index in [0.717, 1.165) is 31.7 Å². The summed E-state index contributed by atoms with van der Waals surface area (Å²) in [4.78, 5) is 4.51.